The number of nitrogens with zero attached hydrogens (tertiary/aromatic N) is 6. The molecule has 288 valence electrons. The second kappa shape index (κ2) is 15.4. The third-order valence-electron chi connectivity index (χ3n) is 9.40. The van der Waals surface area contributed by atoms with Crippen molar-refractivity contribution in [2.45, 2.75) is 63.8 Å². The van der Waals surface area contributed by atoms with Crippen LogP contribution in [0, 0.1) is 5.82 Å². The van der Waals surface area contributed by atoms with E-state index in [0.29, 0.717) is 41.9 Å². The molecule has 0 spiro atoms. The Morgan fingerprint density at radius 2 is 1.80 bits per heavy atom. The maximum atomic E-state index is 15.4. The molecule has 0 radical (unpaired) electrons. The highest BCUT2D eigenvalue weighted by molar-refractivity contribution is 5.92. The highest BCUT2D eigenvalue weighted by Crippen LogP contribution is 2.42. The second-order valence-corrected chi connectivity index (χ2v) is 13.5. The first-order chi connectivity index (χ1) is 25.6. The number of anilines is 1. The van der Waals surface area contributed by atoms with Crippen LogP contribution in [0.5, 0.6) is 11.5 Å². The van der Waals surface area contributed by atoms with Gasteiger partial charge in [-0.25, -0.2) is 32.4 Å². The summed E-state index contributed by atoms with van der Waals surface area (Å²) >= 11 is 0. The molecule has 2 aliphatic rings. The molecule has 2 atom stereocenters. The molecule has 2 aromatic carbocycles. The lowest BCUT2D eigenvalue weighted by Gasteiger charge is -2.34. The molecule has 2 unspecified atom stereocenters. The van der Waals surface area contributed by atoms with Crippen LogP contribution in [0.2, 0.25) is 0 Å². The Morgan fingerprint density at radius 3 is 2.44 bits per heavy atom. The standard InChI is InChI=1S/C35H39F3N8O8/c1-19(2)23-14-24(27(49)15-26(23)48)31-41-42-34(53)46(31)21-4-3-20(25(36)13-21)17-43-9-11-44(12-10-43)30(51)6-5-29(50)39-28-7-8-45(33(52)40-28)32-35(37,38)16-22(18-47)54-32/h3-4,7-8,13-15,19,22,32,47-49H,5-6,9-12,16-18H2,1-2H3,(H,42,53)(H,39,40,50,52). The molecule has 6 rings (SSSR count). The van der Waals surface area contributed by atoms with Crippen molar-refractivity contribution in [3.8, 4) is 28.6 Å². The lowest BCUT2D eigenvalue weighted by atomic mass is 9.98. The Bertz CT molecular complexity index is 2160. The summed E-state index contributed by atoms with van der Waals surface area (Å²) in [7, 11) is 0. The fraction of sp³-hybridized carbons (Fsp3) is 0.429. The average Bonchev–Trinajstić information content (AvgIpc) is 3.66. The van der Waals surface area contributed by atoms with E-state index in [1.54, 1.807) is 17.0 Å². The van der Waals surface area contributed by atoms with Crippen molar-refractivity contribution in [1.29, 1.82) is 0 Å². The molecule has 4 heterocycles. The number of amides is 2. The molecule has 2 saturated heterocycles. The highest BCUT2D eigenvalue weighted by Gasteiger charge is 2.51. The smallest absolute Gasteiger partial charge is 0.351 e. The number of rotatable bonds is 11. The molecule has 2 aromatic heterocycles. The first kappa shape index (κ1) is 38.2. The number of carbonyl (C=O) groups is 2. The van der Waals surface area contributed by atoms with Crippen molar-refractivity contribution in [3.05, 3.63) is 80.5 Å². The van der Waals surface area contributed by atoms with E-state index in [1.165, 1.54) is 18.2 Å². The van der Waals surface area contributed by atoms with Gasteiger partial charge >= 0.3 is 11.4 Å². The number of ether oxygens (including phenoxy) is 1. The number of phenols is 2. The first-order valence-corrected chi connectivity index (χ1v) is 17.2. The number of aromatic hydroxyl groups is 2. The fourth-order valence-electron chi connectivity index (χ4n) is 6.51. The quantitative estimate of drug-likeness (QED) is 0.150. The summed E-state index contributed by atoms with van der Waals surface area (Å²) in [6, 6.07) is 8.15. The predicted octanol–water partition coefficient (Wildman–Crippen LogP) is 2.44. The van der Waals surface area contributed by atoms with E-state index in [0.717, 1.165) is 16.8 Å². The van der Waals surface area contributed by atoms with Gasteiger partial charge in [0.2, 0.25) is 18.0 Å². The van der Waals surface area contributed by atoms with Gasteiger partial charge < -0.3 is 30.3 Å². The van der Waals surface area contributed by atoms with Gasteiger partial charge in [0.15, 0.2) is 5.82 Å². The zero-order chi connectivity index (χ0) is 38.9. The summed E-state index contributed by atoms with van der Waals surface area (Å²) in [5, 5.41) is 38.7. The number of benzene rings is 2. The third-order valence-corrected chi connectivity index (χ3v) is 9.40. The number of alkyl halides is 2. The van der Waals surface area contributed by atoms with Gasteiger partial charge in [0.05, 0.1) is 24.0 Å². The summed E-state index contributed by atoms with van der Waals surface area (Å²) < 4.78 is 50.8. The van der Waals surface area contributed by atoms with Crippen LogP contribution in [-0.4, -0.2) is 106 Å². The van der Waals surface area contributed by atoms with E-state index in [4.69, 9.17) is 9.84 Å². The van der Waals surface area contributed by atoms with Crippen molar-refractivity contribution in [2.75, 3.05) is 38.1 Å². The summed E-state index contributed by atoms with van der Waals surface area (Å²) in [5.41, 5.74) is -0.515. The van der Waals surface area contributed by atoms with Gasteiger partial charge in [0.1, 0.15) is 23.1 Å². The molecule has 2 amide bonds. The van der Waals surface area contributed by atoms with E-state index in [-0.39, 0.29) is 65.6 Å². The van der Waals surface area contributed by atoms with E-state index >= 15 is 4.39 Å². The highest BCUT2D eigenvalue weighted by atomic mass is 19.3. The number of aromatic nitrogens is 5. The van der Waals surface area contributed by atoms with Gasteiger partial charge in [-0.3, -0.25) is 19.1 Å². The maximum Gasteiger partial charge on any atom is 0.351 e. The molecule has 0 aliphatic carbocycles. The van der Waals surface area contributed by atoms with E-state index in [9.17, 15) is 38.2 Å². The second-order valence-electron chi connectivity index (χ2n) is 13.5. The van der Waals surface area contributed by atoms with E-state index in [1.807, 2.05) is 18.7 Å². The van der Waals surface area contributed by atoms with Gasteiger partial charge in [-0.05, 0) is 35.7 Å². The number of aromatic amines is 1. The number of H-pyrrole nitrogens is 1. The normalized spacial score (nSPS) is 18.7. The minimum atomic E-state index is -3.41. The SMILES string of the molecule is CC(C)c1cc(-c2n[nH]c(=O)n2-c2ccc(CN3CCN(C(=O)CCC(=O)Nc4ccn(C5OC(CO)CC5(F)F)c(=O)n4)CC3)c(F)c2)c(O)cc1O. The van der Waals surface area contributed by atoms with Crippen molar-refractivity contribution in [2.24, 2.45) is 0 Å². The topological polar surface area (TPSA) is 208 Å². The van der Waals surface area contributed by atoms with Gasteiger partial charge in [0, 0.05) is 69.8 Å². The number of halogens is 3. The zero-order valence-corrected chi connectivity index (χ0v) is 29.3. The van der Waals surface area contributed by atoms with Crippen LogP contribution in [0.25, 0.3) is 17.1 Å². The molecule has 4 aromatic rings. The molecule has 5 N–H and O–H groups in total. The Hall–Kier alpha value is -5.53. The lowest BCUT2D eigenvalue weighted by molar-refractivity contribution is -0.134. The molecule has 19 heteroatoms. The monoisotopic (exact) mass is 756 g/mol. The van der Waals surface area contributed by atoms with Crippen LogP contribution in [0.1, 0.15) is 56.4 Å². The average molecular weight is 757 g/mol. The van der Waals surface area contributed by atoms with Crippen molar-refractivity contribution >= 4 is 17.6 Å². The van der Waals surface area contributed by atoms with Crippen molar-refractivity contribution < 1.29 is 42.8 Å². The minimum Gasteiger partial charge on any atom is -0.508 e. The number of phenolic OH excluding ortho intramolecular Hbond substituents is 2. The van der Waals surface area contributed by atoms with Crippen molar-refractivity contribution in [3.63, 3.8) is 0 Å². The zero-order valence-electron chi connectivity index (χ0n) is 29.3. The Labute approximate surface area is 305 Å². The predicted molar refractivity (Wildman–Crippen MR) is 186 cm³/mol. The number of hydrogen-bond acceptors (Lipinski definition) is 11. The van der Waals surface area contributed by atoms with Crippen molar-refractivity contribution in [1.82, 2.24) is 34.1 Å². The van der Waals surface area contributed by atoms with Gasteiger partial charge in [-0.1, -0.05) is 19.9 Å². The maximum absolute atomic E-state index is 15.4. The number of hydrogen-bond donors (Lipinski definition) is 5. The molecular formula is C35H39F3N8O8. The summed E-state index contributed by atoms with van der Waals surface area (Å²) in [4.78, 5) is 57.7. The van der Waals surface area contributed by atoms with Crippen LogP contribution in [0.4, 0.5) is 19.0 Å². The molecule has 2 aliphatic heterocycles. The van der Waals surface area contributed by atoms with Crippen LogP contribution < -0.4 is 16.7 Å². The largest absolute Gasteiger partial charge is 0.508 e. The summed E-state index contributed by atoms with van der Waals surface area (Å²) in [6.45, 7) is 4.79. The van der Waals surface area contributed by atoms with Crippen LogP contribution in [0.15, 0.2) is 52.2 Å². The summed E-state index contributed by atoms with van der Waals surface area (Å²) in [6.07, 6.45) is -3.19. The number of piperazine rings is 1. The number of aliphatic hydroxyl groups excluding tert-OH is 1. The molecule has 16 nitrogen and oxygen atoms in total. The Balaban J connectivity index is 1.00. The minimum absolute atomic E-state index is 0.0359. The van der Waals surface area contributed by atoms with Gasteiger partial charge in [-0.15, -0.1) is 0 Å². The van der Waals surface area contributed by atoms with Crippen LogP contribution >= 0.6 is 0 Å². The van der Waals surface area contributed by atoms with E-state index in [2.05, 4.69) is 20.5 Å². The van der Waals surface area contributed by atoms with Crippen LogP contribution in [-0.2, 0) is 20.9 Å². The fourth-order valence-corrected chi connectivity index (χ4v) is 6.51. The molecule has 2 fully saturated rings. The van der Waals surface area contributed by atoms with E-state index < -0.39 is 54.4 Å². The number of carbonyl (C=O) groups excluding carboxylic acids is 2. The van der Waals surface area contributed by atoms with Crippen LogP contribution in [0.3, 0.4) is 0 Å². The Kier molecular flexibility index (Phi) is 10.9. The molecule has 54 heavy (non-hydrogen) atoms. The lowest BCUT2D eigenvalue weighted by Crippen LogP contribution is -2.48. The van der Waals surface area contributed by atoms with Gasteiger partial charge in [-0.2, -0.15) is 10.1 Å². The first-order valence-electron chi connectivity index (χ1n) is 17.2. The molecule has 0 bridgehead atoms. The Morgan fingerprint density at radius 1 is 1.06 bits per heavy atom. The summed E-state index contributed by atoms with van der Waals surface area (Å²) in [5.74, 6) is -5.55. The molecular weight excluding hydrogens is 717 g/mol. The molecule has 0 saturated carbocycles. The van der Waals surface area contributed by atoms with Gasteiger partial charge in [0.25, 0.3) is 5.92 Å². The third kappa shape index (κ3) is 8.02. The number of nitrogens with one attached hydrogen (secondary N) is 2. The number of aliphatic hydroxyl groups is 1.